The highest BCUT2D eigenvalue weighted by Crippen LogP contribution is 2.49. The molecule has 0 saturated carbocycles. The maximum Gasteiger partial charge on any atom is 0.142 e. The Balaban J connectivity index is 3.01. The number of piperidine rings is 1. The van der Waals surface area contributed by atoms with E-state index in [0.717, 1.165) is 0 Å². The van der Waals surface area contributed by atoms with Crippen LogP contribution in [0.5, 0.6) is 0 Å². The molecule has 29 heavy (non-hydrogen) atoms. The highest BCUT2D eigenvalue weighted by Gasteiger charge is 2.47. The van der Waals surface area contributed by atoms with E-state index in [0.29, 0.717) is 24.4 Å². The molecule has 158 valence electrons. The van der Waals surface area contributed by atoms with Crippen molar-refractivity contribution in [1.29, 1.82) is 0 Å². The quantitative estimate of drug-likeness (QED) is 0.172. The first kappa shape index (κ1) is 24.1. The van der Waals surface area contributed by atoms with Crippen molar-refractivity contribution in [2.75, 3.05) is 13.1 Å². The number of hydrogen-bond acceptors (Lipinski definition) is 4. The summed E-state index contributed by atoms with van der Waals surface area (Å²) in [5.74, 6) is -0.986. The molecule has 1 fully saturated rings. The summed E-state index contributed by atoms with van der Waals surface area (Å²) in [5, 5.41) is 3.35. The van der Waals surface area contributed by atoms with Crippen LogP contribution in [-0.2, 0) is 11.2 Å². The molecule has 0 aliphatic carbocycles. The minimum Gasteiger partial charge on any atom is -0.299 e. The van der Waals surface area contributed by atoms with E-state index in [9.17, 15) is 14.2 Å². The van der Waals surface area contributed by atoms with Crippen LogP contribution in [0.4, 0.5) is 8.87 Å². The van der Waals surface area contributed by atoms with Gasteiger partial charge in [-0.15, -0.1) is 14.5 Å². The Hall–Kier alpha value is -1.15. The third kappa shape index (κ3) is 4.63. The Kier molecular flexibility index (Phi) is 8.13. The van der Waals surface area contributed by atoms with E-state index < -0.39 is 11.2 Å². The third-order valence-electron chi connectivity index (χ3n) is 5.22. The van der Waals surface area contributed by atoms with Crippen LogP contribution in [0.3, 0.4) is 0 Å². The van der Waals surface area contributed by atoms with Crippen LogP contribution in [-0.4, -0.2) is 24.0 Å². The van der Waals surface area contributed by atoms with Crippen molar-refractivity contribution < 1.29 is 13.7 Å². The SMILES string of the molecule is C=C(Cl)/C(N=O)=C(\c1cc(Cl)c(Br)c(F)c1CCC)C1(C(C)=O)CCCN(F)C1. The van der Waals surface area contributed by atoms with E-state index in [1.165, 1.54) is 13.0 Å². The van der Waals surface area contributed by atoms with Crippen LogP contribution >= 0.6 is 39.1 Å². The summed E-state index contributed by atoms with van der Waals surface area (Å²) in [6.07, 6.45) is 1.49. The van der Waals surface area contributed by atoms with Gasteiger partial charge in [-0.05, 0) is 64.5 Å². The first-order valence-electron chi connectivity index (χ1n) is 9.12. The Morgan fingerprint density at radius 3 is 2.62 bits per heavy atom. The van der Waals surface area contributed by atoms with Crippen molar-refractivity contribution in [1.82, 2.24) is 5.12 Å². The third-order valence-corrected chi connectivity index (χ3v) is 6.70. The second kappa shape index (κ2) is 9.77. The Morgan fingerprint density at radius 1 is 1.48 bits per heavy atom. The van der Waals surface area contributed by atoms with Gasteiger partial charge in [-0.3, -0.25) is 4.79 Å². The van der Waals surface area contributed by atoms with Crippen LogP contribution in [0.15, 0.2) is 33.0 Å². The number of Topliss-reactive ketones (excluding diaryl/α,β-unsaturated/α-hetero) is 1. The lowest BCUT2D eigenvalue weighted by Crippen LogP contribution is -2.45. The van der Waals surface area contributed by atoms with E-state index in [2.05, 4.69) is 27.7 Å². The highest BCUT2D eigenvalue weighted by molar-refractivity contribution is 9.10. The summed E-state index contributed by atoms with van der Waals surface area (Å²) < 4.78 is 29.5. The monoisotopic (exact) mass is 508 g/mol. The van der Waals surface area contributed by atoms with Crippen LogP contribution in [0.2, 0.25) is 5.02 Å². The van der Waals surface area contributed by atoms with Crippen molar-refractivity contribution >= 4 is 50.5 Å². The molecule has 0 amide bonds. The lowest BCUT2D eigenvalue weighted by atomic mass is 9.67. The summed E-state index contributed by atoms with van der Waals surface area (Å²) in [6.45, 7) is 6.59. The number of carbonyl (C=O) groups is 1. The molecule has 1 aliphatic heterocycles. The van der Waals surface area contributed by atoms with Gasteiger partial charge in [-0.1, -0.05) is 43.1 Å². The van der Waals surface area contributed by atoms with Gasteiger partial charge in [0.1, 0.15) is 17.3 Å². The van der Waals surface area contributed by atoms with Crippen LogP contribution in [0.25, 0.3) is 5.57 Å². The highest BCUT2D eigenvalue weighted by atomic mass is 79.9. The van der Waals surface area contributed by atoms with Crippen molar-refractivity contribution in [3.05, 3.63) is 54.7 Å². The molecular formula is C20H21BrCl2F2N2O2. The van der Waals surface area contributed by atoms with Crippen LogP contribution in [0.1, 0.15) is 44.2 Å². The Morgan fingerprint density at radius 2 is 2.14 bits per heavy atom. The number of halogens is 5. The van der Waals surface area contributed by atoms with Gasteiger partial charge in [0.05, 0.1) is 19.9 Å². The predicted molar refractivity (Wildman–Crippen MR) is 116 cm³/mol. The second-order valence-electron chi connectivity index (χ2n) is 7.07. The molecular weight excluding hydrogens is 489 g/mol. The molecule has 0 spiro atoms. The molecule has 1 atom stereocenters. The first-order valence-corrected chi connectivity index (χ1v) is 10.7. The van der Waals surface area contributed by atoms with Crippen molar-refractivity contribution in [2.45, 2.75) is 39.5 Å². The van der Waals surface area contributed by atoms with Gasteiger partial charge in [0, 0.05) is 18.7 Å². The fourth-order valence-electron chi connectivity index (χ4n) is 3.86. The largest absolute Gasteiger partial charge is 0.299 e. The van der Waals surface area contributed by atoms with Crippen molar-refractivity contribution in [2.24, 2.45) is 10.6 Å². The van der Waals surface area contributed by atoms with E-state index in [1.807, 2.05) is 6.92 Å². The molecule has 1 aliphatic rings. The molecule has 1 unspecified atom stereocenters. The van der Waals surface area contributed by atoms with Crippen LogP contribution in [0, 0.1) is 16.1 Å². The van der Waals surface area contributed by atoms with Gasteiger partial charge in [0.25, 0.3) is 0 Å². The second-order valence-corrected chi connectivity index (χ2v) is 8.72. The maximum atomic E-state index is 15.1. The number of ketones is 1. The number of carbonyl (C=O) groups excluding carboxylic acids is 1. The zero-order chi connectivity index (χ0) is 21.9. The van der Waals surface area contributed by atoms with E-state index in [1.54, 1.807) is 0 Å². The predicted octanol–water partition coefficient (Wildman–Crippen LogP) is 6.98. The molecule has 0 aromatic heterocycles. The number of allylic oxidation sites excluding steroid dienone is 1. The normalized spacial score (nSPS) is 20.9. The molecule has 9 heteroatoms. The van der Waals surface area contributed by atoms with Gasteiger partial charge in [-0.2, -0.15) is 0 Å². The molecule has 4 nitrogen and oxygen atoms in total. The van der Waals surface area contributed by atoms with E-state index in [-0.39, 0.29) is 62.2 Å². The zero-order valence-electron chi connectivity index (χ0n) is 16.1. The Bertz CT molecular complexity index is 892. The van der Waals surface area contributed by atoms with Gasteiger partial charge >= 0.3 is 0 Å². The fourth-order valence-corrected chi connectivity index (χ4v) is 4.54. The summed E-state index contributed by atoms with van der Waals surface area (Å²) >= 11 is 15.4. The average Bonchev–Trinajstić information content (AvgIpc) is 2.66. The summed E-state index contributed by atoms with van der Waals surface area (Å²) in [5.41, 5.74) is -1.21. The van der Waals surface area contributed by atoms with Crippen molar-refractivity contribution in [3.63, 3.8) is 0 Å². The molecule has 1 aromatic rings. The molecule has 0 bridgehead atoms. The topological polar surface area (TPSA) is 49.7 Å². The van der Waals surface area contributed by atoms with Gasteiger partial charge < -0.3 is 0 Å². The minimum atomic E-state index is -1.44. The lowest BCUT2D eigenvalue weighted by Gasteiger charge is -2.40. The van der Waals surface area contributed by atoms with Gasteiger partial charge in [0.15, 0.2) is 0 Å². The van der Waals surface area contributed by atoms with Gasteiger partial charge in [-0.25, -0.2) is 4.39 Å². The first-order chi connectivity index (χ1) is 13.6. The lowest BCUT2D eigenvalue weighted by molar-refractivity contribution is -0.130. The summed E-state index contributed by atoms with van der Waals surface area (Å²) in [6, 6.07) is 1.46. The minimum absolute atomic E-state index is 0.0481. The number of benzene rings is 1. The summed E-state index contributed by atoms with van der Waals surface area (Å²) in [4.78, 5) is 24.6. The van der Waals surface area contributed by atoms with E-state index >= 15 is 4.39 Å². The number of nitrogens with zero attached hydrogens (tertiary/aromatic N) is 2. The molecule has 0 N–H and O–H groups in total. The Labute approximate surface area is 187 Å². The molecule has 0 radical (unpaired) electrons. The number of nitroso groups, excluding NO2 is 1. The molecule has 1 heterocycles. The fraction of sp³-hybridized carbons (Fsp3) is 0.450. The number of hydrogen-bond donors (Lipinski definition) is 0. The summed E-state index contributed by atoms with van der Waals surface area (Å²) in [7, 11) is 0. The molecule has 1 aromatic carbocycles. The smallest absolute Gasteiger partial charge is 0.142 e. The van der Waals surface area contributed by atoms with Crippen LogP contribution < -0.4 is 0 Å². The molecule has 2 rings (SSSR count). The zero-order valence-corrected chi connectivity index (χ0v) is 19.2. The number of rotatable bonds is 7. The molecule has 1 saturated heterocycles. The van der Waals surface area contributed by atoms with E-state index in [4.69, 9.17) is 23.2 Å². The van der Waals surface area contributed by atoms with Crippen molar-refractivity contribution in [3.8, 4) is 0 Å². The van der Waals surface area contributed by atoms with Gasteiger partial charge in [0.2, 0.25) is 0 Å². The average molecular weight is 510 g/mol. The maximum absolute atomic E-state index is 15.1. The standard InChI is InChI=1S/C20H21BrCl2F2N2O2/c1-4-6-13-14(9-15(23)17(21)18(13)24)16(19(26-29)11(2)22)20(12(3)28)7-5-8-27(25)10-20/h9H,2,4-8,10H2,1,3H3/b19-16-.